The third-order valence-corrected chi connectivity index (χ3v) is 2.35. The Morgan fingerprint density at radius 3 is 2.70 bits per heavy atom. The van der Waals surface area contributed by atoms with Gasteiger partial charge in [0.15, 0.2) is 0 Å². The van der Waals surface area contributed by atoms with Gasteiger partial charge in [-0.3, -0.25) is 4.79 Å². The van der Waals surface area contributed by atoms with Crippen molar-refractivity contribution in [1.29, 1.82) is 0 Å². The molecule has 4 nitrogen and oxygen atoms in total. The van der Waals surface area contributed by atoms with Gasteiger partial charge in [-0.05, 0) is 45.4 Å². The highest BCUT2D eigenvalue weighted by molar-refractivity contribution is 5.81. The second-order valence-corrected chi connectivity index (χ2v) is 4.75. The van der Waals surface area contributed by atoms with Gasteiger partial charge in [-0.25, -0.2) is 0 Å². The maximum absolute atomic E-state index is 11.4. The summed E-state index contributed by atoms with van der Waals surface area (Å²) >= 11 is 0. The zero-order chi connectivity index (χ0) is 15.4. The Bertz CT molecular complexity index is 403. The summed E-state index contributed by atoms with van der Waals surface area (Å²) in [5.74, 6) is -0.162. The molecule has 4 heteroatoms. The molecule has 0 rings (SSSR count). The monoisotopic (exact) mass is 278 g/mol. The summed E-state index contributed by atoms with van der Waals surface area (Å²) in [7, 11) is 0. The van der Waals surface area contributed by atoms with E-state index in [1.165, 1.54) is 0 Å². The van der Waals surface area contributed by atoms with Crippen LogP contribution < -0.4 is 11.1 Å². The lowest BCUT2D eigenvalue weighted by atomic mass is 10.3. The number of rotatable bonds is 8. The molecular weight excluding hydrogens is 252 g/mol. The number of carbonyl (C=O) groups is 1. The summed E-state index contributed by atoms with van der Waals surface area (Å²) in [6.45, 7) is 8.47. The SMILES string of the molecule is C/C=C\C=C=C/C=C(\C)COCC(C)NC(=O)C(C)N. The Kier molecular flexibility index (Phi) is 10.3. The van der Waals surface area contributed by atoms with Crippen LogP contribution in [0, 0.1) is 0 Å². The van der Waals surface area contributed by atoms with Gasteiger partial charge in [-0.1, -0.05) is 18.2 Å². The van der Waals surface area contributed by atoms with Crippen molar-refractivity contribution < 1.29 is 9.53 Å². The van der Waals surface area contributed by atoms with Gasteiger partial charge in [0.2, 0.25) is 5.91 Å². The molecule has 0 aliphatic rings. The molecule has 0 heterocycles. The summed E-state index contributed by atoms with van der Waals surface area (Å²) in [6.07, 6.45) is 9.50. The van der Waals surface area contributed by atoms with Crippen molar-refractivity contribution in [3.05, 3.63) is 41.7 Å². The number of nitrogens with one attached hydrogen (secondary N) is 1. The zero-order valence-corrected chi connectivity index (χ0v) is 12.8. The minimum absolute atomic E-state index is 0.0496. The molecule has 112 valence electrons. The topological polar surface area (TPSA) is 64.3 Å². The number of nitrogens with two attached hydrogens (primary N) is 1. The molecule has 0 aromatic rings. The first-order chi connectivity index (χ1) is 9.47. The second-order valence-electron chi connectivity index (χ2n) is 4.75. The van der Waals surface area contributed by atoms with Crippen molar-refractivity contribution in [3.63, 3.8) is 0 Å². The average molecular weight is 278 g/mol. The molecule has 0 aliphatic heterocycles. The summed E-state index contributed by atoms with van der Waals surface area (Å²) < 4.78 is 5.52. The Balaban J connectivity index is 3.96. The lowest BCUT2D eigenvalue weighted by Gasteiger charge is -2.15. The van der Waals surface area contributed by atoms with E-state index in [0.717, 1.165) is 5.57 Å². The van der Waals surface area contributed by atoms with Gasteiger partial charge in [0.25, 0.3) is 0 Å². The van der Waals surface area contributed by atoms with Crippen LogP contribution in [0.3, 0.4) is 0 Å². The quantitative estimate of drug-likeness (QED) is 0.528. The highest BCUT2D eigenvalue weighted by Gasteiger charge is 2.10. The predicted octanol–water partition coefficient (Wildman–Crippen LogP) is 2.09. The molecule has 0 spiro atoms. The lowest BCUT2D eigenvalue weighted by Crippen LogP contribution is -2.44. The van der Waals surface area contributed by atoms with Crippen LogP contribution in [0.2, 0.25) is 0 Å². The van der Waals surface area contributed by atoms with Crippen molar-refractivity contribution >= 4 is 5.91 Å². The molecule has 0 saturated carbocycles. The number of hydrogen-bond donors (Lipinski definition) is 2. The standard InChI is InChI=1S/C16H26N2O2/c1-5-6-7-8-9-10-13(2)11-20-12-14(3)18-16(19)15(4)17/h5-7,9-10,14-15H,11-12,17H2,1-4H3,(H,18,19)/b6-5-,13-10+. The number of ether oxygens (including phenoxy) is 1. The molecule has 2 unspecified atom stereocenters. The van der Waals surface area contributed by atoms with E-state index in [-0.39, 0.29) is 11.9 Å². The molecule has 20 heavy (non-hydrogen) atoms. The van der Waals surface area contributed by atoms with Crippen LogP contribution in [0.25, 0.3) is 0 Å². The normalized spacial score (nSPS) is 14.6. The first-order valence-corrected chi connectivity index (χ1v) is 6.80. The van der Waals surface area contributed by atoms with Crippen LogP contribution in [0.4, 0.5) is 0 Å². The van der Waals surface area contributed by atoms with Crippen LogP contribution in [0.15, 0.2) is 41.7 Å². The van der Waals surface area contributed by atoms with Crippen molar-refractivity contribution in [2.24, 2.45) is 5.73 Å². The molecule has 0 aliphatic carbocycles. The highest BCUT2D eigenvalue weighted by atomic mass is 16.5. The van der Waals surface area contributed by atoms with Crippen LogP contribution in [0.1, 0.15) is 27.7 Å². The van der Waals surface area contributed by atoms with Gasteiger partial charge in [0, 0.05) is 6.04 Å². The first-order valence-electron chi connectivity index (χ1n) is 6.80. The second kappa shape index (κ2) is 11.2. The number of hydrogen-bond acceptors (Lipinski definition) is 3. The predicted molar refractivity (Wildman–Crippen MR) is 83.3 cm³/mol. The molecule has 0 bridgehead atoms. The van der Waals surface area contributed by atoms with Gasteiger partial charge in [-0.2, -0.15) is 0 Å². The van der Waals surface area contributed by atoms with E-state index in [1.54, 1.807) is 6.92 Å². The van der Waals surface area contributed by atoms with Gasteiger partial charge in [0.05, 0.1) is 19.3 Å². The van der Waals surface area contributed by atoms with Crippen molar-refractivity contribution in [1.82, 2.24) is 5.32 Å². The maximum atomic E-state index is 11.4. The molecule has 1 amide bonds. The molecule has 0 radical (unpaired) electrons. The minimum Gasteiger partial charge on any atom is -0.375 e. The molecule has 2 atom stereocenters. The minimum atomic E-state index is -0.492. The van der Waals surface area contributed by atoms with E-state index < -0.39 is 6.04 Å². The smallest absolute Gasteiger partial charge is 0.236 e. The Hall–Kier alpha value is -1.61. The van der Waals surface area contributed by atoms with Crippen molar-refractivity contribution in [2.75, 3.05) is 13.2 Å². The van der Waals surface area contributed by atoms with Crippen molar-refractivity contribution in [2.45, 2.75) is 39.8 Å². The van der Waals surface area contributed by atoms with E-state index in [9.17, 15) is 4.79 Å². The van der Waals surface area contributed by atoms with E-state index in [0.29, 0.717) is 13.2 Å². The Labute approximate surface area is 122 Å². The van der Waals surface area contributed by atoms with E-state index in [4.69, 9.17) is 10.5 Å². The van der Waals surface area contributed by atoms with Crippen LogP contribution in [-0.4, -0.2) is 31.2 Å². The third-order valence-electron chi connectivity index (χ3n) is 2.35. The van der Waals surface area contributed by atoms with Gasteiger partial charge in [-0.15, -0.1) is 5.73 Å². The molecule has 0 fully saturated rings. The fourth-order valence-electron chi connectivity index (χ4n) is 1.26. The largest absolute Gasteiger partial charge is 0.375 e. The average Bonchev–Trinajstić information content (AvgIpc) is 2.38. The summed E-state index contributed by atoms with van der Waals surface area (Å²) in [5, 5.41) is 2.78. The third kappa shape index (κ3) is 10.3. The summed E-state index contributed by atoms with van der Waals surface area (Å²) in [6, 6.07) is -0.542. The van der Waals surface area contributed by atoms with Gasteiger partial charge >= 0.3 is 0 Å². The summed E-state index contributed by atoms with van der Waals surface area (Å²) in [5.41, 5.74) is 9.58. The zero-order valence-electron chi connectivity index (χ0n) is 12.8. The van der Waals surface area contributed by atoms with Gasteiger partial charge < -0.3 is 15.8 Å². The lowest BCUT2D eigenvalue weighted by molar-refractivity contribution is -0.123. The number of carbonyl (C=O) groups excluding carboxylic acids is 1. The molecule has 3 N–H and O–H groups in total. The summed E-state index contributed by atoms with van der Waals surface area (Å²) in [4.78, 5) is 11.4. The number of allylic oxidation sites excluding steroid dienone is 4. The van der Waals surface area contributed by atoms with Crippen molar-refractivity contribution in [3.8, 4) is 0 Å². The first kappa shape index (κ1) is 18.4. The van der Waals surface area contributed by atoms with Crippen LogP contribution in [0.5, 0.6) is 0 Å². The number of amides is 1. The molecule has 0 aromatic heterocycles. The van der Waals surface area contributed by atoms with E-state index >= 15 is 0 Å². The van der Waals surface area contributed by atoms with Crippen LogP contribution in [-0.2, 0) is 9.53 Å². The highest BCUT2D eigenvalue weighted by Crippen LogP contribution is 1.95. The fraction of sp³-hybridized carbons (Fsp3) is 0.500. The Morgan fingerprint density at radius 1 is 1.40 bits per heavy atom. The fourth-order valence-corrected chi connectivity index (χ4v) is 1.26. The van der Waals surface area contributed by atoms with E-state index in [2.05, 4.69) is 11.0 Å². The molecule has 0 aromatic carbocycles. The van der Waals surface area contributed by atoms with Crippen LogP contribution >= 0.6 is 0 Å². The Morgan fingerprint density at radius 2 is 2.10 bits per heavy atom. The van der Waals surface area contributed by atoms with Gasteiger partial charge in [0.1, 0.15) is 0 Å². The molecule has 0 saturated heterocycles. The maximum Gasteiger partial charge on any atom is 0.236 e. The molecular formula is C16H26N2O2. The van der Waals surface area contributed by atoms with E-state index in [1.807, 2.05) is 51.2 Å².